The highest BCUT2D eigenvalue weighted by Gasteiger charge is 2.13. The van der Waals surface area contributed by atoms with E-state index < -0.39 is 0 Å². The molecule has 0 atom stereocenters. The lowest BCUT2D eigenvalue weighted by molar-refractivity contribution is 0.112. The third kappa shape index (κ3) is 5.69. The highest BCUT2D eigenvalue weighted by atomic mass is 16.5. The standard InChI is InChI=1S/C23H23N3O5/c1-4-16-9-17(14-27)11-18(10-16)26-23-19-12-21(30-7-5-28-2)22(31-8-6-29-3)13-20(19)24-15-25-23/h1,9-15H,5-8H2,2-3H3,(H,24,25,26). The molecule has 0 bridgehead atoms. The van der Waals surface area contributed by atoms with Crippen molar-refractivity contribution in [2.45, 2.75) is 0 Å². The summed E-state index contributed by atoms with van der Waals surface area (Å²) in [6, 6.07) is 8.69. The van der Waals surface area contributed by atoms with E-state index in [2.05, 4.69) is 21.2 Å². The maximum Gasteiger partial charge on any atom is 0.163 e. The van der Waals surface area contributed by atoms with Crippen molar-refractivity contribution in [3.05, 3.63) is 47.8 Å². The van der Waals surface area contributed by atoms with Gasteiger partial charge in [-0.2, -0.15) is 0 Å². The van der Waals surface area contributed by atoms with Gasteiger partial charge in [0.1, 0.15) is 31.6 Å². The molecule has 8 heteroatoms. The Labute approximate surface area is 180 Å². The Balaban J connectivity index is 1.99. The molecule has 0 amide bonds. The van der Waals surface area contributed by atoms with Crippen LogP contribution in [-0.4, -0.2) is 56.9 Å². The van der Waals surface area contributed by atoms with Gasteiger partial charge in [-0.25, -0.2) is 9.97 Å². The van der Waals surface area contributed by atoms with Crippen LogP contribution in [0.25, 0.3) is 10.9 Å². The fourth-order valence-corrected chi connectivity index (χ4v) is 2.87. The van der Waals surface area contributed by atoms with Crippen molar-refractivity contribution in [1.82, 2.24) is 9.97 Å². The van der Waals surface area contributed by atoms with E-state index in [1.165, 1.54) is 6.33 Å². The fourth-order valence-electron chi connectivity index (χ4n) is 2.87. The van der Waals surface area contributed by atoms with E-state index in [0.717, 1.165) is 6.29 Å². The summed E-state index contributed by atoms with van der Waals surface area (Å²) in [7, 11) is 3.21. The third-order valence-electron chi connectivity index (χ3n) is 4.31. The Hall–Kier alpha value is -3.67. The third-order valence-corrected chi connectivity index (χ3v) is 4.31. The molecule has 160 valence electrons. The predicted molar refractivity (Wildman–Crippen MR) is 117 cm³/mol. The number of nitrogens with zero attached hydrogens (tertiary/aromatic N) is 2. The van der Waals surface area contributed by atoms with Gasteiger partial charge in [0, 0.05) is 42.5 Å². The Morgan fingerprint density at radius 3 is 2.32 bits per heavy atom. The number of carbonyl (C=O) groups excluding carboxylic acids is 1. The van der Waals surface area contributed by atoms with Crippen LogP contribution in [0.1, 0.15) is 15.9 Å². The predicted octanol–water partition coefficient (Wildman–Crippen LogP) is 3.22. The zero-order chi connectivity index (χ0) is 22.1. The first-order valence-electron chi connectivity index (χ1n) is 9.54. The largest absolute Gasteiger partial charge is 0.487 e. The molecule has 0 unspecified atom stereocenters. The first kappa shape index (κ1) is 22.0. The molecule has 0 aliphatic carbocycles. The zero-order valence-corrected chi connectivity index (χ0v) is 17.4. The Kier molecular flexibility index (Phi) is 7.76. The lowest BCUT2D eigenvalue weighted by Gasteiger charge is -2.15. The van der Waals surface area contributed by atoms with Gasteiger partial charge in [-0.1, -0.05) is 5.92 Å². The minimum atomic E-state index is 0.353. The van der Waals surface area contributed by atoms with Crippen molar-refractivity contribution in [3.8, 4) is 23.8 Å². The van der Waals surface area contributed by atoms with E-state index >= 15 is 0 Å². The molecule has 3 rings (SSSR count). The molecule has 1 aromatic heterocycles. The van der Waals surface area contributed by atoms with E-state index in [1.807, 2.05) is 0 Å². The van der Waals surface area contributed by atoms with Crippen LogP contribution in [0.4, 0.5) is 11.5 Å². The van der Waals surface area contributed by atoms with E-state index in [4.69, 9.17) is 25.4 Å². The summed E-state index contributed by atoms with van der Waals surface area (Å²) in [4.78, 5) is 19.9. The lowest BCUT2D eigenvalue weighted by Crippen LogP contribution is -2.09. The van der Waals surface area contributed by atoms with Gasteiger partial charge in [0.15, 0.2) is 11.5 Å². The number of aromatic nitrogens is 2. The average Bonchev–Trinajstić information content (AvgIpc) is 2.79. The monoisotopic (exact) mass is 421 g/mol. The number of benzene rings is 2. The van der Waals surface area contributed by atoms with E-state index in [-0.39, 0.29) is 0 Å². The number of ether oxygens (including phenoxy) is 4. The van der Waals surface area contributed by atoms with E-state index in [0.29, 0.717) is 71.5 Å². The van der Waals surface area contributed by atoms with Crippen LogP contribution >= 0.6 is 0 Å². The molecule has 1 heterocycles. The lowest BCUT2D eigenvalue weighted by atomic mass is 10.1. The molecule has 0 aliphatic heterocycles. The number of nitrogens with one attached hydrogen (secondary N) is 1. The van der Waals surface area contributed by atoms with Crippen LogP contribution in [-0.2, 0) is 9.47 Å². The van der Waals surface area contributed by atoms with Gasteiger partial charge in [0.05, 0.1) is 18.7 Å². The van der Waals surface area contributed by atoms with Gasteiger partial charge in [-0.3, -0.25) is 4.79 Å². The van der Waals surface area contributed by atoms with Gasteiger partial charge in [-0.05, 0) is 24.3 Å². The highest BCUT2D eigenvalue weighted by Crippen LogP contribution is 2.35. The topological polar surface area (TPSA) is 91.8 Å². The maximum atomic E-state index is 11.2. The fraction of sp³-hybridized carbons (Fsp3) is 0.261. The molecule has 0 radical (unpaired) electrons. The molecule has 31 heavy (non-hydrogen) atoms. The van der Waals surface area contributed by atoms with Crippen molar-refractivity contribution >= 4 is 28.7 Å². The smallest absolute Gasteiger partial charge is 0.163 e. The summed E-state index contributed by atoms with van der Waals surface area (Å²) in [5, 5.41) is 3.93. The van der Waals surface area contributed by atoms with Crippen molar-refractivity contribution in [2.24, 2.45) is 0 Å². The van der Waals surface area contributed by atoms with Crippen molar-refractivity contribution < 1.29 is 23.7 Å². The van der Waals surface area contributed by atoms with Gasteiger partial charge < -0.3 is 24.3 Å². The number of hydrogen-bond donors (Lipinski definition) is 1. The van der Waals surface area contributed by atoms with Gasteiger partial charge in [-0.15, -0.1) is 6.42 Å². The van der Waals surface area contributed by atoms with Crippen LogP contribution in [0.2, 0.25) is 0 Å². The van der Waals surface area contributed by atoms with Crippen LogP contribution in [0.3, 0.4) is 0 Å². The zero-order valence-electron chi connectivity index (χ0n) is 17.4. The average molecular weight is 421 g/mol. The number of fused-ring (bicyclic) bond motifs is 1. The van der Waals surface area contributed by atoms with E-state index in [1.54, 1.807) is 44.6 Å². The Bertz CT molecular complexity index is 1090. The molecule has 2 aromatic carbocycles. The Morgan fingerprint density at radius 1 is 0.968 bits per heavy atom. The van der Waals surface area contributed by atoms with Gasteiger partial charge in [0.25, 0.3) is 0 Å². The molecule has 0 spiro atoms. The molecule has 8 nitrogen and oxygen atoms in total. The molecule has 0 saturated heterocycles. The number of aldehydes is 1. The number of carbonyl (C=O) groups is 1. The number of terminal acetylenes is 1. The minimum Gasteiger partial charge on any atom is -0.487 e. The first-order chi connectivity index (χ1) is 15.2. The molecule has 3 aromatic rings. The van der Waals surface area contributed by atoms with Gasteiger partial charge >= 0.3 is 0 Å². The maximum absolute atomic E-state index is 11.2. The molecule has 0 aliphatic rings. The molecular formula is C23H23N3O5. The normalized spacial score (nSPS) is 10.5. The summed E-state index contributed by atoms with van der Waals surface area (Å²) >= 11 is 0. The summed E-state index contributed by atoms with van der Waals surface area (Å²) in [5.41, 5.74) is 2.35. The van der Waals surface area contributed by atoms with Gasteiger partial charge in [0.2, 0.25) is 0 Å². The minimum absolute atomic E-state index is 0.353. The van der Waals surface area contributed by atoms with Crippen LogP contribution < -0.4 is 14.8 Å². The second kappa shape index (κ2) is 10.9. The van der Waals surface area contributed by atoms with Crippen molar-refractivity contribution in [3.63, 3.8) is 0 Å². The quantitative estimate of drug-likeness (QED) is 0.287. The van der Waals surface area contributed by atoms with E-state index in [9.17, 15) is 4.79 Å². The summed E-state index contributed by atoms with van der Waals surface area (Å²) < 4.78 is 21.8. The van der Waals surface area contributed by atoms with Crippen LogP contribution in [0.5, 0.6) is 11.5 Å². The number of methoxy groups -OCH3 is 2. The molecule has 0 fully saturated rings. The number of rotatable bonds is 11. The van der Waals surface area contributed by atoms with Crippen LogP contribution in [0.15, 0.2) is 36.7 Å². The second-order valence-corrected chi connectivity index (χ2v) is 6.45. The highest BCUT2D eigenvalue weighted by molar-refractivity contribution is 5.93. The SMILES string of the molecule is C#Cc1cc(C=O)cc(Nc2ncnc3cc(OCCOC)c(OCCOC)cc23)c1. The van der Waals surface area contributed by atoms with Crippen molar-refractivity contribution in [1.29, 1.82) is 0 Å². The summed E-state index contributed by atoms with van der Waals surface area (Å²) in [5.74, 6) is 4.16. The molecule has 0 saturated carbocycles. The summed E-state index contributed by atoms with van der Waals surface area (Å²) in [6.07, 6.45) is 7.69. The van der Waals surface area contributed by atoms with Crippen LogP contribution in [0, 0.1) is 12.3 Å². The number of anilines is 2. The number of hydrogen-bond acceptors (Lipinski definition) is 8. The Morgan fingerprint density at radius 2 is 1.68 bits per heavy atom. The summed E-state index contributed by atoms with van der Waals surface area (Å²) in [6.45, 7) is 1.59. The molecular weight excluding hydrogens is 398 g/mol. The van der Waals surface area contributed by atoms with Crippen molar-refractivity contribution in [2.75, 3.05) is 46.0 Å². The first-order valence-corrected chi connectivity index (χ1v) is 9.54. The molecule has 1 N–H and O–H groups in total. The second-order valence-electron chi connectivity index (χ2n) is 6.45.